The largest absolute Gasteiger partial charge is 0.337 e. The maximum absolute atomic E-state index is 14.4. The van der Waals surface area contributed by atoms with Crippen molar-refractivity contribution in [1.29, 1.82) is 0 Å². The summed E-state index contributed by atoms with van der Waals surface area (Å²) in [6.45, 7) is 1.31. The summed E-state index contributed by atoms with van der Waals surface area (Å²) in [5, 5.41) is 6.19. The van der Waals surface area contributed by atoms with Crippen LogP contribution in [0.1, 0.15) is 41.6 Å². The van der Waals surface area contributed by atoms with Gasteiger partial charge in [-0.25, -0.2) is 4.39 Å². The van der Waals surface area contributed by atoms with Crippen molar-refractivity contribution in [2.24, 2.45) is 0 Å². The molecule has 7 heteroatoms. The van der Waals surface area contributed by atoms with Crippen LogP contribution in [-0.2, 0) is 11.2 Å². The van der Waals surface area contributed by atoms with Crippen LogP contribution in [0, 0.1) is 5.82 Å². The van der Waals surface area contributed by atoms with Gasteiger partial charge in [0.25, 0.3) is 5.91 Å². The molecule has 2 fully saturated rings. The molecule has 1 aromatic carbocycles. The van der Waals surface area contributed by atoms with Crippen molar-refractivity contribution in [2.75, 3.05) is 18.4 Å². The van der Waals surface area contributed by atoms with Gasteiger partial charge in [-0.2, -0.15) is 0 Å². The Labute approximate surface area is 146 Å². The molecule has 0 aromatic heterocycles. The molecule has 0 spiro atoms. The molecule has 2 N–H and O–H groups in total. The lowest BCUT2D eigenvalue weighted by Gasteiger charge is -2.25. The minimum atomic E-state index is -0.557. The average molecular weight is 354 g/mol. The van der Waals surface area contributed by atoms with Gasteiger partial charge in [0.15, 0.2) is 0 Å². The van der Waals surface area contributed by atoms with Gasteiger partial charge >= 0.3 is 0 Å². The Morgan fingerprint density at radius 3 is 2.79 bits per heavy atom. The van der Waals surface area contributed by atoms with E-state index in [9.17, 15) is 14.0 Å². The number of carbonyl (C=O) groups excluding carboxylic acids is 2. The van der Waals surface area contributed by atoms with Crippen LogP contribution < -0.4 is 10.6 Å². The molecule has 3 aliphatic heterocycles. The molecule has 1 aromatic rings. The summed E-state index contributed by atoms with van der Waals surface area (Å²) >= 11 is 0. The van der Waals surface area contributed by atoms with Crippen LogP contribution >= 0.6 is 12.4 Å². The number of hydrogen-bond acceptors (Lipinski definition) is 3. The molecule has 5 nitrogen and oxygen atoms in total. The highest BCUT2D eigenvalue weighted by Crippen LogP contribution is 2.28. The first kappa shape index (κ1) is 17.2. The Bertz CT molecular complexity index is 682. The van der Waals surface area contributed by atoms with Crippen molar-refractivity contribution < 1.29 is 14.0 Å². The van der Waals surface area contributed by atoms with E-state index >= 15 is 0 Å². The van der Waals surface area contributed by atoms with Crippen LogP contribution in [0.3, 0.4) is 0 Å². The van der Waals surface area contributed by atoms with E-state index in [2.05, 4.69) is 10.6 Å². The van der Waals surface area contributed by atoms with E-state index in [1.807, 2.05) is 0 Å². The lowest BCUT2D eigenvalue weighted by Crippen LogP contribution is -2.39. The number of carbonyl (C=O) groups is 2. The maximum atomic E-state index is 14.4. The van der Waals surface area contributed by atoms with Crippen molar-refractivity contribution in [3.8, 4) is 0 Å². The number of rotatable bonds is 1. The molecule has 0 saturated carbocycles. The number of aryl methyl sites for hydroxylation is 1. The van der Waals surface area contributed by atoms with Crippen molar-refractivity contribution in [3.05, 3.63) is 29.1 Å². The second-order valence-corrected chi connectivity index (χ2v) is 6.72. The molecule has 2 unspecified atom stereocenters. The Hall–Kier alpha value is -1.66. The topological polar surface area (TPSA) is 61.4 Å². The number of halogens is 2. The highest BCUT2D eigenvalue weighted by atomic mass is 35.5. The third-order valence-electron chi connectivity index (χ3n) is 5.13. The highest BCUT2D eigenvalue weighted by molar-refractivity contribution is 5.98. The first-order chi connectivity index (χ1) is 11.1. The molecule has 2 amide bonds. The summed E-state index contributed by atoms with van der Waals surface area (Å²) in [7, 11) is 0. The van der Waals surface area contributed by atoms with Gasteiger partial charge in [0.2, 0.25) is 5.91 Å². The fourth-order valence-corrected chi connectivity index (χ4v) is 3.86. The maximum Gasteiger partial charge on any atom is 0.256 e. The normalized spacial score (nSPS) is 25.4. The molecule has 130 valence electrons. The highest BCUT2D eigenvalue weighted by Gasteiger charge is 2.32. The quantitative estimate of drug-likeness (QED) is 0.812. The average Bonchev–Trinajstić information content (AvgIpc) is 2.85. The minimum Gasteiger partial charge on any atom is -0.337 e. The van der Waals surface area contributed by atoms with Crippen LogP contribution in [0.15, 0.2) is 12.1 Å². The fourth-order valence-electron chi connectivity index (χ4n) is 3.86. The van der Waals surface area contributed by atoms with Crippen LogP contribution in [0.25, 0.3) is 0 Å². The van der Waals surface area contributed by atoms with Gasteiger partial charge in [0.05, 0.1) is 5.56 Å². The Balaban J connectivity index is 0.00000169. The van der Waals surface area contributed by atoms with Gasteiger partial charge in [0.1, 0.15) is 5.82 Å². The van der Waals surface area contributed by atoms with Gasteiger partial charge in [-0.05, 0) is 43.4 Å². The number of nitrogens with zero attached hydrogens (tertiary/aromatic N) is 1. The molecular formula is C17H21ClFN3O2. The second kappa shape index (κ2) is 6.69. The van der Waals surface area contributed by atoms with Gasteiger partial charge in [-0.15, -0.1) is 12.4 Å². The van der Waals surface area contributed by atoms with Crippen molar-refractivity contribution in [3.63, 3.8) is 0 Å². The van der Waals surface area contributed by atoms with E-state index in [1.165, 1.54) is 12.5 Å². The predicted molar refractivity (Wildman–Crippen MR) is 91.1 cm³/mol. The molecular weight excluding hydrogens is 333 g/mol. The molecule has 2 saturated heterocycles. The van der Waals surface area contributed by atoms with Gasteiger partial charge in [-0.3, -0.25) is 9.59 Å². The minimum absolute atomic E-state index is 0. The number of anilines is 1. The molecule has 2 bridgehead atoms. The summed E-state index contributed by atoms with van der Waals surface area (Å²) in [4.78, 5) is 25.9. The molecule has 4 rings (SSSR count). The predicted octanol–water partition coefficient (Wildman–Crippen LogP) is 2.10. The summed E-state index contributed by atoms with van der Waals surface area (Å²) in [5.74, 6) is -0.902. The zero-order chi connectivity index (χ0) is 16.0. The Morgan fingerprint density at radius 1 is 1.17 bits per heavy atom. The molecule has 24 heavy (non-hydrogen) atoms. The monoisotopic (exact) mass is 353 g/mol. The van der Waals surface area contributed by atoms with Crippen molar-refractivity contribution >= 4 is 29.9 Å². The van der Waals surface area contributed by atoms with Gasteiger partial charge in [0, 0.05) is 37.3 Å². The smallest absolute Gasteiger partial charge is 0.256 e. The zero-order valence-corrected chi connectivity index (χ0v) is 14.1. The van der Waals surface area contributed by atoms with Crippen LogP contribution in [0.2, 0.25) is 0 Å². The lowest BCUT2D eigenvalue weighted by atomic mass is 9.99. The third kappa shape index (κ3) is 3.13. The van der Waals surface area contributed by atoms with Gasteiger partial charge < -0.3 is 15.5 Å². The zero-order valence-electron chi connectivity index (χ0n) is 13.3. The summed E-state index contributed by atoms with van der Waals surface area (Å²) < 4.78 is 14.4. The number of likely N-dealkylation sites (tertiary alicyclic amines) is 1. The summed E-state index contributed by atoms with van der Waals surface area (Å²) in [6.07, 6.45) is 4.09. The Kier molecular flexibility index (Phi) is 4.78. The summed E-state index contributed by atoms with van der Waals surface area (Å²) in [6, 6.07) is 3.71. The Morgan fingerprint density at radius 2 is 1.96 bits per heavy atom. The second-order valence-electron chi connectivity index (χ2n) is 6.72. The van der Waals surface area contributed by atoms with Crippen LogP contribution in [0.4, 0.5) is 10.1 Å². The summed E-state index contributed by atoms with van der Waals surface area (Å²) in [5.41, 5.74) is 1.45. The number of benzene rings is 1. The van der Waals surface area contributed by atoms with E-state index in [-0.39, 0.29) is 29.8 Å². The van der Waals surface area contributed by atoms with Crippen molar-refractivity contribution in [2.45, 2.75) is 44.2 Å². The van der Waals surface area contributed by atoms with Gasteiger partial charge in [-0.1, -0.05) is 0 Å². The molecule has 3 heterocycles. The third-order valence-corrected chi connectivity index (χ3v) is 5.13. The van der Waals surface area contributed by atoms with Crippen LogP contribution in [-0.4, -0.2) is 41.9 Å². The molecule has 3 aliphatic rings. The van der Waals surface area contributed by atoms with Crippen molar-refractivity contribution in [1.82, 2.24) is 10.2 Å². The first-order valence-corrected chi connectivity index (χ1v) is 8.28. The molecule has 0 aliphatic carbocycles. The number of hydrogen-bond donors (Lipinski definition) is 2. The standard InChI is InChI=1S/C17H20FN3O2.ClH/c18-14-8-15-10(1-4-16(22)20-15)7-13(14)17(23)21-6-5-11-2-3-12(9-21)19-11;/h7-8,11-12,19H,1-6,9H2,(H,20,22);1H. The lowest BCUT2D eigenvalue weighted by molar-refractivity contribution is -0.116. The number of fused-ring (bicyclic) bond motifs is 3. The van der Waals surface area contributed by atoms with E-state index < -0.39 is 5.82 Å². The van der Waals surface area contributed by atoms with E-state index in [4.69, 9.17) is 0 Å². The van der Waals surface area contributed by atoms with E-state index in [0.717, 1.165) is 18.4 Å². The first-order valence-electron chi connectivity index (χ1n) is 8.28. The van der Waals surface area contributed by atoms with E-state index in [0.29, 0.717) is 43.7 Å². The molecule has 2 atom stereocenters. The SMILES string of the molecule is Cl.O=C1CCc2cc(C(=O)N3CCC4CCC(C3)N4)c(F)cc2N1. The van der Waals surface area contributed by atoms with E-state index in [1.54, 1.807) is 11.0 Å². The number of nitrogens with one attached hydrogen (secondary N) is 2. The van der Waals surface area contributed by atoms with Crippen LogP contribution in [0.5, 0.6) is 0 Å². The fraction of sp³-hybridized carbons (Fsp3) is 0.529. The molecule has 0 radical (unpaired) electrons. The number of amides is 2.